The van der Waals surface area contributed by atoms with Crippen molar-refractivity contribution in [1.29, 1.82) is 0 Å². The lowest BCUT2D eigenvalue weighted by atomic mass is 9.99. The number of benzene rings is 1. The highest BCUT2D eigenvalue weighted by Gasteiger charge is 2.26. The van der Waals surface area contributed by atoms with Gasteiger partial charge in [0.2, 0.25) is 0 Å². The Labute approximate surface area is 133 Å². The van der Waals surface area contributed by atoms with Gasteiger partial charge in [0.15, 0.2) is 17.5 Å². The predicted molar refractivity (Wildman–Crippen MR) is 87.0 cm³/mol. The summed E-state index contributed by atoms with van der Waals surface area (Å²) in [4.78, 5) is 14.1. The molecule has 0 spiro atoms. The fourth-order valence-corrected chi connectivity index (χ4v) is 2.25. The van der Waals surface area contributed by atoms with E-state index in [1.807, 2.05) is 25.2 Å². The molecule has 0 aliphatic heterocycles. The second-order valence-electron chi connectivity index (χ2n) is 5.69. The van der Waals surface area contributed by atoms with Crippen molar-refractivity contribution >= 4 is 5.91 Å². The van der Waals surface area contributed by atoms with Crippen molar-refractivity contribution in [2.45, 2.75) is 32.7 Å². The Balaban J connectivity index is 2.64. The van der Waals surface area contributed by atoms with Gasteiger partial charge in [0.1, 0.15) is 0 Å². The van der Waals surface area contributed by atoms with E-state index in [4.69, 9.17) is 9.47 Å². The van der Waals surface area contributed by atoms with Crippen LogP contribution in [-0.4, -0.2) is 44.7 Å². The summed E-state index contributed by atoms with van der Waals surface area (Å²) in [6.07, 6.45) is 1.74. The molecule has 0 heterocycles. The first-order valence-electron chi connectivity index (χ1n) is 7.73. The van der Waals surface area contributed by atoms with Crippen molar-refractivity contribution in [3.05, 3.63) is 23.8 Å². The molecule has 22 heavy (non-hydrogen) atoms. The van der Waals surface area contributed by atoms with Gasteiger partial charge in [0.05, 0.1) is 14.2 Å². The fraction of sp³-hybridized carbons (Fsp3) is 0.588. The molecule has 1 aromatic rings. The van der Waals surface area contributed by atoms with Crippen molar-refractivity contribution in [3.8, 4) is 11.5 Å². The number of ether oxygens (including phenoxy) is 2. The summed E-state index contributed by atoms with van der Waals surface area (Å²) in [6.45, 7) is 4.81. The van der Waals surface area contributed by atoms with Gasteiger partial charge in [-0.05, 0) is 30.5 Å². The van der Waals surface area contributed by atoms with Crippen LogP contribution in [0.1, 0.15) is 25.8 Å². The van der Waals surface area contributed by atoms with Crippen molar-refractivity contribution in [1.82, 2.24) is 4.90 Å². The van der Waals surface area contributed by atoms with Gasteiger partial charge in [-0.15, -0.1) is 0 Å². The number of likely N-dealkylation sites (N-methyl/N-ethyl adjacent to an activating group) is 1. The van der Waals surface area contributed by atoms with Gasteiger partial charge in [-0.2, -0.15) is 0 Å². The van der Waals surface area contributed by atoms with E-state index < -0.39 is 0 Å². The van der Waals surface area contributed by atoms with Crippen LogP contribution < -0.4 is 15.2 Å². The van der Waals surface area contributed by atoms with E-state index in [2.05, 4.69) is 19.6 Å². The zero-order chi connectivity index (χ0) is 16.7. The summed E-state index contributed by atoms with van der Waals surface area (Å²) < 4.78 is 10.5. The summed E-state index contributed by atoms with van der Waals surface area (Å²) in [7, 11) is 5.08. The number of methoxy groups -OCH3 is 2. The third-order valence-corrected chi connectivity index (χ3v) is 4.21. The van der Waals surface area contributed by atoms with Crippen molar-refractivity contribution in [2.75, 3.05) is 27.8 Å². The smallest absolute Gasteiger partial charge is 0.280 e. The first kappa shape index (κ1) is 18.3. The minimum absolute atomic E-state index is 0.106. The molecule has 0 aliphatic carbocycles. The van der Waals surface area contributed by atoms with Gasteiger partial charge in [-0.25, -0.2) is 0 Å². The van der Waals surface area contributed by atoms with E-state index >= 15 is 0 Å². The average Bonchev–Trinajstić information content (AvgIpc) is 2.56. The Morgan fingerprint density at radius 3 is 2.45 bits per heavy atom. The number of carbonyl (C=O) groups is 1. The standard InChI is InChI=1S/C17H28N2O3/c1-6-12(2)16(18)17(20)19(3)10-9-13-7-8-14(21-4)15(11-13)22-5/h7-8,11-12,16H,6,9-10,18H2,1-5H3/p+1/t12-,16+/m0/s1. The average molecular weight is 309 g/mol. The van der Waals surface area contributed by atoms with Gasteiger partial charge in [-0.3, -0.25) is 4.79 Å². The number of rotatable bonds is 8. The Morgan fingerprint density at radius 2 is 1.91 bits per heavy atom. The third kappa shape index (κ3) is 4.63. The highest BCUT2D eigenvalue weighted by Crippen LogP contribution is 2.27. The van der Waals surface area contributed by atoms with E-state index in [1.54, 1.807) is 19.1 Å². The van der Waals surface area contributed by atoms with Crippen molar-refractivity contribution < 1.29 is 20.0 Å². The molecule has 0 aromatic heterocycles. The zero-order valence-electron chi connectivity index (χ0n) is 14.4. The lowest BCUT2D eigenvalue weighted by Gasteiger charge is -2.22. The number of quaternary nitrogens is 1. The number of hydrogen-bond acceptors (Lipinski definition) is 3. The van der Waals surface area contributed by atoms with E-state index in [0.29, 0.717) is 24.0 Å². The molecule has 1 amide bonds. The Bertz CT molecular complexity index is 491. The summed E-state index contributed by atoms with van der Waals surface area (Å²) in [6, 6.07) is 5.66. The topological polar surface area (TPSA) is 66.4 Å². The van der Waals surface area contributed by atoms with Crippen LogP contribution in [0.25, 0.3) is 0 Å². The first-order chi connectivity index (χ1) is 10.4. The lowest BCUT2D eigenvalue weighted by Crippen LogP contribution is -2.70. The molecule has 0 saturated heterocycles. The predicted octanol–water partition coefficient (Wildman–Crippen LogP) is 1.36. The summed E-state index contributed by atoms with van der Waals surface area (Å²) in [5.74, 6) is 1.83. The molecule has 0 saturated carbocycles. The Kier molecular flexibility index (Phi) is 7.18. The second kappa shape index (κ2) is 8.63. The van der Waals surface area contributed by atoms with Crippen LogP contribution in [-0.2, 0) is 11.2 Å². The molecule has 124 valence electrons. The number of carbonyl (C=O) groups excluding carboxylic acids is 1. The van der Waals surface area contributed by atoms with Crippen LogP contribution in [0.2, 0.25) is 0 Å². The largest absolute Gasteiger partial charge is 0.493 e. The number of nitrogens with zero attached hydrogens (tertiary/aromatic N) is 1. The van der Waals surface area contributed by atoms with E-state index in [0.717, 1.165) is 18.4 Å². The molecule has 0 radical (unpaired) electrons. The van der Waals surface area contributed by atoms with E-state index in [1.165, 1.54) is 0 Å². The molecule has 3 N–H and O–H groups in total. The minimum Gasteiger partial charge on any atom is -0.493 e. The molecular weight excluding hydrogens is 280 g/mol. The maximum Gasteiger partial charge on any atom is 0.280 e. The molecule has 1 rings (SSSR count). The molecule has 0 aliphatic rings. The highest BCUT2D eigenvalue weighted by atomic mass is 16.5. The molecule has 2 atom stereocenters. The van der Waals surface area contributed by atoms with Crippen LogP contribution in [0.4, 0.5) is 0 Å². The maximum absolute atomic E-state index is 12.3. The normalized spacial score (nSPS) is 13.4. The Hall–Kier alpha value is -1.75. The van der Waals surface area contributed by atoms with Gasteiger partial charge < -0.3 is 20.1 Å². The molecule has 1 aromatic carbocycles. The zero-order valence-corrected chi connectivity index (χ0v) is 14.4. The second-order valence-corrected chi connectivity index (χ2v) is 5.69. The summed E-state index contributed by atoms with van der Waals surface area (Å²) in [5.41, 5.74) is 5.12. The van der Waals surface area contributed by atoms with E-state index in [-0.39, 0.29) is 11.9 Å². The number of hydrogen-bond donors (Lipinski definition) is 1. The van der Waals surface area contributed by atoms with Gasteiger partial charge in [-0.1, -0.05) is 19.9 Å². The monoisotopic (exact) mass is 309 g/mol. The van der Waals surface area contributed by atoms with Crippen molar-refractivity contribution in [3.63, 3.8) is 0 Å². The molecule has 0 bridgehead atoms. The molecule has 0 fully saturated rings. The SMILES string of the molecule is CC[C@H](C)[C@@H]([NH3+])C(=O)N(C)CCc1ccc(OC)c(OC)c1. The van der Waals surface area contributed by atoms with Gasteiger partial charge in [0.25, 0.3) is 5.91 Å². The van der Waals surface area contributed by atoms with Gasteiger partial charge >= 0.3 is 0 Å². The molecular formula is C17H29N2O3+. The molecule has 5 heteroatoms. The highest BCUT2D eigenvalue weighted by molar-refractivity contribution is 5.80. The van der Waals surface area contributed by atoms with Crippen LogP contribution in [0, 0.1) is 5.92 Å². The molecule has 0 unspecified atom stereocenters. The van der Waals surface area contributed by atoms with Crippen LogP contribution in [0.5, 0.6) is 11.5 Å². The van der Waals surface area contributed by atoms with Crippen molar-refractivity contribution in [2.24, 2.45) is 5.92 Å². The maximum atomic E-state index is 12.3. The van der Waals surface area contributed by atoms with Crippen LogP contribution >= 0.6 is 0 Å². The first-order valence-corrected chi connectivity index (χ1v) is 7.73. The van der Waals surface area contributed by atoms with Gasteiger partial charge in [0, 0.05) is 19.5 Å². The third-order valence-electron chi connectivity index (χ3n) is 4.21. The number of amides is 1. The minimum atomic E-state index is -0.180. The lowest BCUT2D eigenvalue weighted by molar-refractivity contribution is -0.417. The summed E-state index contributed by atoms with van der Waals surface area (Å²) in [5, 5.41) is 0. The quantitative estimate of drug-likeness (QED) is 0.788. The Morgan fingerprint density at radius 1 is 1.27 bits per heavy atom. The molecule has 5 nitrogen and oxygen atoms in total. The van der Waals surface area contributed by atoms with Crippen LogP contribution in [0.15, 0.2) is 18.2 Å². The fourth-order valence-electron chi connectivity index (χ4n) is 2.25. The van der Waals surface area contributed by atoms with Crippen LogP contribution in [0.3, 0.4) is 0 Å². The van der Waals surface area contributed by atoms with E-state index in [9.17, 15) is 4.79 Å². The summed E-state index contributed by atoms with van der Waals surface area (Å²) >= 11 is 0.